The lowest BCUT2D eigenvalue weighted by atomic mass is 9.86. The molecule has 3 heterocycles. The molecule has 3 fully saturated rings. The van der Waals surface area contributed by atoms with E-state index in [-0.39, 0.29) is 54.9 Å². The van der Waals surface area contributed by atoms with Crippen molar-refractivity contribution in [3.63, 3.8) is 0 Å². The molecule has 0 spiro atoms. The van der Waals surface area contributed by atoms with Crippen LogP contribution in [0.5, 0.6) is 5.88 Å². The minimum absolute atomic E-state index is 0.00771. The molecule has 12 heteroatoms. The summed E-state index contributed by atoms with van der Waals surface area (Å²) in [5, 5.41) is 18.1. The largest absolute Gasteiger partial charge is 0.492 e. The molecule has 212 valence electrons. The Kier molecular flexibility index (Phi) is 7.02. The van der Waals surface area contributed by atoms with Crippen LogP contribution in [0.2, 0.25) is 0 Å². The number of rotatable bonds is 7. The van der Waals surface area contributed by atoms with Crippen LogP contribution in [-0.4, -0.2) is 84.6 Å². The van der Waals surface area contributed by atoms with Crippen LogP contribution in [0.25, 0.3) is 11.7 Å². The minimum atomic E-state index is -2.58. The SMILES string of the molecule is Cc1nn2c(O)c(C(=O)NC3CC3)c(=O)n(CC(C)C)c2c1/C=C/C(=O)N1CCN(C2CC(F)(F)C2)C[C@@H]1C. The molecular formula is C27H36F2N6O4. The van der Waals surface area contributed by atoms with Crippen molar-refractivity contribution in [3.05, 3.63) is 33.3 Å². The topological polar surface area (TPSA) is 112 Å². The van der Waals surface area contributed by atoms with Crippen molar-refractivity contribution in [1.82, 2.24) is 29.3 Å². The lowest BCUT2D eigenvalue weighted by molar-refractivity contribution is -0.143. The molecule has 2 aromatic rings. The molecule has 1 saturated heterocycles. The second-order valence-corrected chi connectivity index (χ2v) is 11.6. The van der Waals surface area contributed by atoms with E-state index in [2.05, 4.69) is 10.4 Å². The van der Waals surface area contributed by atoms with Crippen molar-refractivity contribution < 1.29 is 23.5 Å². The smallest absolute Gasteiger partial charge is 0.270 e. The van der Waals surface area contributed by atoms with Gasteiger partial charge in [0, 0.05) is 68.8 Å². The summed E-state index contributed by atoms with van der Waals surface area (Å²) in [6.45, 7) is 9.27. The average molecular weight is 547 g/mol. The fourth-order valence-corrected chi connectivity index (χ4v) is 5.56. The van der Waals surface area contributed by atoms with E-state index >= 15 is 0 Å². The number of aromatic nitrogens is 3. The van der Waals surface area contributed by atoms with Gasteiger partial charge in [-0.1, -0.05) is 13.8 Å². The van der Waals surface area contributed by atoms with Gasteiger partial charge in [-0.2, -0.15) is 9.61 Å². The first-order chi connectivity index (χ1) is 18.4. The highest BCUT2D eigenvalue weighted by Crippen LogP contribution is 2.41. The summed E-state index contributed by atoms with van der Waals surface area (Å²) in [5.41, 5.74) is 0.321. The van der Waals surface area contributed by atoms with Crippen molar-refractivity contribution in [2.75, 3.05) is 19.6 Å². The number of nitrogens with zero attached hydrogens (tertiary/aromatic N) is 5. The highest BCUT2D eigenvalue weighted by molar-refractivity contribution is 5.97. The van der Waals surface area contributed by atoms with E-state index in [1.807, 2.05) is 25.7 Å². The zero-order valence-corrected chi connectivity index (χ0v) is 22.8. The molecule has 10 nitrogen and oxygen atoms in total. The van der Waals surface area contributed by atoms with Crippen LogP contribution in [0.3, 0.4) is 0 Å². The first-order valence-electron chi connectivity index (χ1n) is 13.6. The molecular weight excluding hydrogens is 510 g/mol. The van der Waals surface area contributed by atoms with E-state index in [1.54, 1.807) is 17.9 Å². The number of aryl methyl sites for hydroxylation is 1. The Morgan fingerprint density at radius 1 is 1.23 bits per heavy atom. The van der Waals surface area contributed by atoms with Crippen LogP contribution in [0.1, 0.15) is 68.1 Å². The summed E-state index contributed by atoms with van der Waals surface area (Å²) in [4.78, 5) is 43.2. The molecule has 0 aromatic carbocycles. The summed E-state index contributed by atoms with van der Waals surface area (Å²) < 4.78 is 29.3. The first-order valence-corrected chi connectivity index (χ1v) is 13.6. The van der Waals surface area contributed by atoms with Gasteiger partial charge in [0.1, 0.15) is 5.65 Å². The molecule has 39 heavy (non-hydrogen) atoms. The van der Waals surface area contributed by atoms with Gasteiger partial charge < -0.3 is 15.3 Å². The predicted molar refractivity (Wildman–Crippen MR) is 141 cm³/mol. The van der Waals surface area contributed by atoms with Crippen molar-refractivity contribution >= 4 is 23.5 Å². The van der Waals surface area contributed by atoms with Crippen molar-refractivity contribution in [2.45, 2.75) is 84.0 Å². The predicted octanol–water partition coefficient (Wildman–Crippen LogP) is 2.40. The number of fused-ring (bicyclic) bond motifs is 1. The van der Waals surface area contributed by atoms with Crippen LogP contribution < -0.4 is 10.9 Å². The maximum atomic E-state index is 13.5. The number of aromatic hydroxyl groups is 1. The van der Waals surface area contributed by atoms with Gasteiger partial charge in [-0.05, 0) is 38.7 Å². The van der Waals surface area contributed by atoms with Gasteiger partial charge in [0.05, 0.1) is 5.69 Å². The van der Waals surface area contributed by atoms with Crippen molar-refractivity contribution in [2.24, 2.45) is 5.92 Å². The van der Waals surface area contributed by atoms with Crippen molar-refractivity contribution in [3.8, 4) is 5.88 Å². The minimum Gasteiger partial charge on any atom is -0.492 e. The lowest BCUT2D eigenvalue weighted by Gasteiger charge is -2.48. The zero-order chi connectivity index (χ0) is 28.2. The number of amides is 2. The number of halogens is 2. The Labute approximate surface area is 225 Å². The summed E-state index contributed by atoms with van der Waals surface area (Å²) in [7, 11) is 0. The molecule has 0 unspecified atom stereocenters. The molecule has 2 aromatic heterocycles. The fraction of sp³-hybridized carbons (Fsp3) is 0.630. The summed E-state index contributed by atoms with van der Waals surface area (Å²) in [6.07, 6.45) is 4.42. The molecule has 1 aliphatic heterocycles. The molecule has 1 atom stereocenters. The Balaban J connectivity index is 1.42. The quantitative estimate of drug-likeness (QED) is 0.516. The number of carbonyl (C=O) groups is 2. The standard InChI is InChI=1S/C27H36F2N6O4/c1-15(2)13-34-24-20(17(4)31-35(24)26(39)22(25(34)38)23(37)30-18-5-6-18)7-8-21(36)33-10-9-32(14-16(33)3)19-11-27(28,29)12-19/h7-8,15-16,18-19,39H,5-6,9-14H2,1-4H3,(H,30,37)/b8-7+/t16-/m0/s1. The molecule has 5 rings (SSSR count). The van der Waals surface area contributed by atoms with Gasteiger partial charge in [-0.15, -0.1) is 0 Å². The van der Waals surface area contributed by atoms with Crippen LogP contribution in [0.15, 0.2) is 10.9 Å². The first kappa shape index (κ1) is 27.3. The maximum Gasteiger partial charge on any atom is 0.270 e. The van der Waals surface area contributed by atoms with E-state index in [4.69, 9.17) is 0 Å². The van der Waals surface area contributed by atoms with Gasteiger partial charge in [0.2, 0.25) is 11.8 Å². The molecule has 2 N–H and O–H groups in total. The summed E-state index contributed by atoms with van der Waals surface area (Å²) in [5.74, 6) is -3.92. The highest BCUT2D eigenvalue weighted by atomic mass is 19.3. The molecule has 2 saturated carbocycles. The Morgan fingerprint density at radius 2 is 1.92 bits per heavy atom. The monoisotopic (exact) mass is 546 g/mol. The molecule has 0 bridgehead atoms. The summed E-state index contributed by atoms with van der Waals surface area (Å²) >= 11 is 0. The number of alkyl halides is 2. The third kappa shape index (κ3) is 5.30. The van der Waals surface area contributed by atoms with E-state index in [0.717, 1.165) is 12.8 Å². The number of hydrogen-bond acceptors (Lipinski definition) is 6. The van der Waals surface area contributed by atoms with Crippen LogP contribution in [0.4, 0.5) is 8.78 Å². The van der Waals surface area contributed by atoms with Gasteiger partial charge in [-0.25, -0.2) is 8.78 Å². The fourth-order valence-electron chi connectivity index (χ4n) is 5.56. The van der Waals surface area contributed by atoms with Gasteiger partial charge in [0.25, 0.3) is 17.4 Å². The number of piperazine rings is 1. The second-order valence-electron chi connectivity index (χ2n) is 11.6. The molecule has 2 amide bonds. The van der Waals surface area contributed by atoms with Crippen LogP contribution in [-0.2, 0) is 11.3 Å². The van der Waals surface area contributed by atoms with Gasteiger partial charge in [0.15, 0.2) is 5.56 Å². The van der Waals surface area contributed by atoms with E-state index in [1.165, 1.54) is 15.2 Å². The Hall–Kier alpha value is -3.28. The van der Waals surface area contributed by atoms with Crippen LogP contribution in [0, 0.1) is 12.8 Å². The van der Waals surface area contributed by atoms with Crippen LogP contribution >= 0.6 is 0 Å². The average Bonchev–Trinajstić information content (AvgIpc) is 3.58. The van der Waals surface area contributed by atoms with E-state index in [0.29, 0.717) is 36.5 Å². The van der Waals surface area contributed by atoms with E-state index < -0.39 is 23.3 Å². The normalized spacial score (nSPS) is 22.1. The van der Waals surface area contributed by atoms with Crippen molar-refractivity contribution in [1.29, 1.82) is 0 Å². The van der Waals surface area contributed by atoms with Gasteiger partial charge in [-0.3, -0.25) is 23.9 Å². The third-order valence-electron chi connectivity index (χ3n) is 7.83. The number of nitrogens with one attached hydrogen (secondary N) is 1. The Bertz CT molecular complexity index is 1390. The lowest BCUT2D eigenvalue weighted by Crippen LogP contribution is -2.60. The van der Waals surface area contributed by atoms with E-state index in [9.17, 15) is 28.3 Å². The number of hydrogen-bond donors (Lipinski definition) is 2. The Morgan fingerprint density at radius 3 is 2.51 bits per heavy atom. The number of carbonyl (C=O) groups excluding carboxylic acids is 2. The molecule has 0 radical (unpaired) electrons. The van der Waals surface area contributed by atoms with Gasteiger partial charge >= 0.3 is 0 Å². The maximum absolute atomic E-state index is 13.5. The summed E-state index contributed by atoms with van der Waals surface area (Å²) in [6, 6.07) is -0.280. The molecule has 3 aliphatic rings. The third-order valence-corrected chi connectivity index (χ3v) is 7.83. The zero-order valence-electron chi connectivity index (χ0n) is 22.8. The second kappa shape index (κ2) is 10.0. The molecule has 2 aliphatic carbocycles. The highest BCUT2D eigenvalue weighted by Gasteiger charge is 2.48.